The number of nitrogens with zero attached hydrogens (tertiary/aromatic N) is 1. The lowest BCUT2D eigenvalue weighted by atomic mass is 9.72. The number of hydrogen-bond donors (Lipinski definition) is 1. The molecule has 1 saturated carbocycles. The van der Waals surface area contributed by atoms with Crippen molar-refractivity contribution in [1.82, 2.24) is 10.2 Å². The third-order valence-corrected chi connectivity index (χ3v) is 8.45. The van der Waals surface area contributed by atoms with Gasteiger partial charge in [-0.3, -0.25) is 14.4 Å². The summed E-state index contributed by atoms with van der Waals surface area (Å²) in [7, 11) is 2.98. The molecule has 10 heteroatoms. The van der Waals surface area contributed by atoms with Gasteiger partial charge in [0, 0.05) is 25.1 Å². The first-order valence-electron chi connectivity index (χ1n) is 14.0. The lowest BCUT2D eigenvalue weighted by molar-refractivity contribution is -0.194. The summed E-state index contributed by atoms with van der Waals surface area (Å²) in [6.07, 6.45) is 0.449. The van der Waals surface area contributed by atoms with E-state index in [4.69, 9.17) is 9.47 Å². The second-order valence-corrected chi connectivity index (χ2v) is 12.0. The highest BCUT2D eigenvalue weighted by Crippen LogP contribution is 2.51. The molecule has 1 aromatic rings. The molecule has 1 N–H and O–H groups in total. The largest absolute Gasteiger partial charge is 0.493 e. The first-order valence-corrected chi connectivity index (χ1v) is 14.0. The van der Waals surface area contributed by atoms with Gasteiger partial charge in [0.25, 0.3) is 5.91 Å². The molecule has 1 aliphatic heterocycles. The zero-order valence-corrected chi connectivity index (χ0v) is 23.7. The van der Waals surface area contributed by atoms with Gasteiger partial charge in [0.1, 0.15) is 0 Å². The average molecular weight is 565 g/mol. The number of allylic oxidation sites excluding steroid dienone is 1. The summed E-state index contributed by atoms with van der Waals surface area (Å²) in [5.41, 5.74) is -3.86. The van der Waals surface area contributed by atoms with Crippen LogP contribution in [0.4, 0.5) is 13.2 Å². The Balaban J connectivity index is 1.66. The van der Waals surface area contributed by atoms with E-state index in [0.717, 1.165) is 42.6 Å². The molecule has 40 heavy (non-hydrogen) atoms. The maximum Gasteiger partial charge on any atom is 0.425 e. The minimum atomic E-state index is -5.19. The normalized spacial score (nSPS) is 23.3. The molecule has 1 heterocycles. The van der Waals surface area contributed by atoms with Gasteiger partial charge in [-0.2, -0.15) is 13.2 Å². The number of rotatable bonds is 9. The molecule has 220 valence electrons. The highest BCUT2D eigenvalue weighted by atomic mass is 19.4. The molecule has 0 spiro atoms. The number of benzene rings is 1. The Hall–Kier alpha value is -3.04. The maximum absolute atomic E-state index is 15.0. The van der Waals surface area contributed by atoms with Gasteiger partial charge in [0.15, 0.2) is 17.3 Å². The number of nitrogens with one attached hydrogen (secondary N) is 1. The predicted molar refractivity (Wildman–Crippen MR) is 143 cm³/mol. The van der Waals surface area contributed by atoms with E-state index in [9.17, 15) is 27.6 Å². The quantitative estimate of drug-likeness (QED) is 0.428. The van der Waals surface area contributed by atoms with E-state index in [2.05, 4.69) is 5.32 Å². The van der Waals surface area contributed by atoms with Gasteiger partial charge in [0.2, 0.25) is 11.4 Å². The lowest BCUT2D eigenvalue weighted by Gasteiger charge is -2.35. The van der Waals surface area contributed by atoms with E-state index in [1.807, 2.05) is 0 Å². The zero-order chi connectivity index (χ0) is 29.3. The number of hydrogen-bond acceptors (Lipinski definition) is 5. The fourth-order valence-corrected chi connectivity index (χ4v) is 6.42. The number of ether oxygens (including phenoxy) is 2. The Labute approximate surface area is 233 Å². The van der Waals surface area contributed by atoms with E-state index in [0.29, 0.717) is 17.9 Å². The molecular formula is C30H39F3N2O5. The SMILES string of the molecule is COc1ccc(CCN2C(=O)[C@](NC(=O)CCC3CCCCC3)(C(F)(F)F)C3=C2CC(C)(C)CC3=O)cc1OC. The van der Waals surface area contributed by atoms with Crippen LogP contribution in [0, 0.1) is 11.3 Å². The monoisotopic (exact) mass is 564 g/mol. The molecule has 1 aromatic carbocycles. The van der Waals surface area contributed by atoms with Crippen molar-refractivity contribution >= 4 is 17.6 Å². The molecule has 2 amide bonds. The highest BCUT2D eigenvalue weighted by molar-refractivity contribution is 6.13. The van der Waals surface area contributed by atoms with Gasteiger partial charge >= 0.3 is 6.18 Å². The minimum Gasteiger partial charge on any atom is -0.493 e. The van der Waals surface area contributed by atoms with Crippen molar-refractivity contribution in [2.45, 2.75) is 89.8 Å². The van der Waals surface area contributed by atoms with Crippen molar-refractivity contribution in [2.75, 3.05) is 20.8 Å². The van der Waals surface area contributed by atoms with Gasteiger partial charge in [-0.15, -0.1) is 0 Å². The smallest absolute Gasteiger partial charge is 0.425 e. The van der Waals surface area contributed by atoms with Gasteiger partial charge in [0.05, 0.1) is 19.8 Å². The molecule has 0 radical (unpaired) electrons. The molecule has 0 aromatic heterocycles. The second-order valence-electron chi connectivity index (χ2n) is 12.0. The van der Waals surface area contributed by atoms with Crippen LogP contribution in [0.5, 0.6) is 11.5 Å². The second kappa shape index (κ2) is 11.4. The Kier molecular flexibility index (Phi) is 8.57. The van der Waals surface area contributed by atoms with Gasteiger partial charge in [-0.05, 0) is 48.3 Å². The van der Waals surface area contributed by atoms with Crippen LogP contribution in [-0.2, 0) is 20.8 Å². The summed E-state index contributed by atoms with van der Waals surface area (Å²) in [6, 6.07) is 5.14. The van der Waals surface area contributed by atoms with Crippen LogP contribution in [0.2, 0.25) is 0 Å². The summed E-state index contributed by atoms with van der Waals surface area (Å²) in [6.45, 7) is 3.50. The zero-order valence-electron chi connectivity index (χ0n) is 23.7. The summed E-state index contributed by atoms with van der Waals surface area (Å²) >= 11 is 0. The lowest BCUT2D eigenvalue weighted by Crippen LogP contribution is -2.66. The fourth-order valence-electron chi connectivity index (χ4n) is 6.42. The molecular weight excluding hydrogens is 525 g/mol. The molecule has 3 aliphatic rings. The number of alkyl halides is 3. The number of ketones is 1. The van der Waals surface area contributed by atoms with Gasteiger partial charge in [-0.1, -0.05) is 52.0 Å². The molecule has 0 bridgehead atoms. The topological polar surface area (TPSA) is 84.9 Å². The third kappa shape index (κ3) is 5.72. The molecule has 2 aliphatic carbocycles. The summed E-state index contributed by atoms with van der Waals surface area (Å²) in [4.78, 5) is 41.3. The van der Waals surface area contributed by atoms with Crippen molar-refractivity contribution in [1.29, 1.82) is 0 Å². The van der Waals surface area contributed by atoms with E-state index in [1.54, 1.807) is 32.0 Å². The van der Waals surface area contributed by atoms with Crippen molar-refractivity contribution in [2.24, 2.45) is 11.3 Å². The van der Waals surface area contributed by atoms with E-state index >= 15 is 0 Å². The minimum absolute atomic E-state index is 0.0524. The number of halogens is 3. The summed E-state index contributed by atoms with van der Waals surface area (Å²) in [5.74, 6) is -1.69. The van der Waals surface area contributed by atoms with Crippen LogP contribution in [-0.4, -0.2) is 55.0 Å². The average Bonchev–Trinajstić information content (AvgIpc) is 3.13. The Morgan fingerprint density at radius 2 is 1.73 bits per heavy atom. The molecule has 4 rings (SSSR count). The van der Waals surface area contributed by atoms with Crippen LogP contribution in [0.25, 0.3) is 0 Å². The molecule has 1 atom stereocenters. The highest BCUT2D eigenvalue weighted by Gasteiger charge is 2.71. The van der Waals surface area contributed by atoms with E-state index in [-0.39, 0.29) is 43.8 Å². The standard InChI is InChI=1S/C30H39F3N2O5/c1-28(2)17-21-26(22(36)18-28)29(30(31,32)33,34-25(37)13-11-19-8-6-5-7-9-19)27(38)35(21)15-14-20-10-12-23(39-3)24(16-20)40-4/h10,12,16,19H,5-9,11,13-15,17-18H2,1-4H3,(H,34,37)/t29-/m0/s1. The number of amides is 2. The molecule has 1 fully saturated rings. The maximum atomic E-state index is 15.0. The summed E-state index contributed by atoms with van der Waals surface area (Å²) in [5, 5.41) is 2.07. The van der Waals surface area contributed by atoms with Gasteiger partial charge in [-0.25, -0.2) is 0 Å². The van der Waals surface area contributed by atoms with Crippen molar-refractivity contribution < 1.29 is 37.0 Å². The number of carbonyl (C=O) groups is 3. The molecule has 0 saturated heterocycles. The Morgan fingerprint density at radius 3 is 2.35 bits per heavy atom. The third-order valence-electron chi connectivity index (χ3n) is 8.45. The number of methoxy groups -OCH3 is 2. The van der Waals surface area contributed by atoms with E-state index in [1.165, 1.54) is 14.2 Å². The molecule has 0 unspecified atom stereocenters. The summed E-state index contributed by atoms with van der Waals surface area (Å²) < 4.78 is 55.6. The number of Topliss-reactive ketones (excluding diaryl/α,β-unsaturated/α-hetero) is 1. The van der Waals surface area contributed by atoms with Crippen LogP contribution in [0.3, 0.4) is 0 Å². The first kappa shape index (κ1) is 29.9. The first-order chi connectivity index (χ1) is 18.8. The van der Waals surface area contributed by atoms with E-state index < -0.39 is 40.3 Å². The van der Waals surface area contributed by atoms with Gasteiger partial charge < -0.3 is 19.7 Å². The number of carbonyl (C=O) groups excluding carboxylic acids is 3. The van der Waals surface area contributed by atoms with Crippen molar-refractivity contribution in [3.63, 3.8) is 0 Å². The van der Waals surface area contributed by atoms with Crippen LogP contribution < -0.4 is 14.8 Å². The molecule has 7 nitrogen and oxygen atoms in total. The van der Waals surface area contributed by atoms with Crippen molar-refractivity contribution in [3.05, 3.63) is 35.0 Å². The van der Waals surface area contributed by atoms with Crippen molar-refractivity contribution in [3.8, 4) is 11.5 Å². The van der Waals surface area contributed by atoms with Crippen LogP contribution >= 0.6 is 0 Å². The van der Waals surface area contributed by atoms with Crippen LogP contribution in [0.15, 0.2) is 29.5 Å². The Morgan fingerprint density at radius 1 is 1.05 bits per heavy atom. The fraction of sp³-hybridized carbons (Fsp3) is 0.633. The predicted octanol–water partition coefficient (Wildman–Crippen LogP) is 5.51. The Bertz CT molecular complexity index is 1190. The van der Waals surface area contributed by atoms with Crippen LogP contribution in [0.1, 0.15) is 77.2 Å².